The zero-order chi connectivity index (χ0) is 25.2. The van der Waals surface area contributed by atoms with Crippen LogP contribution in [0.2, 0.25) is 0 Å². The van der Waals surface area contributed by atoms with Crippen molar-refractivity contribution in [3.8, 4) is 0 Å². The van der Waals surface area contributed by atoms with Gasteiger partial charge in [-0.3, -0.25) is 19.3 Å². The average molecular weight is 490 g/mol. The number of rotatable bonds is 7. The van der Waals surface area contributed by atoms with Crippen molar-refractivity contribution in [2.45, 2.75) is 39.2 Å². The summed E-state index contributed by atoms with van der Waals surface area (Å²) in [7, 11) is 0. The van der Waals surface area contributed by atoms with Gasteiger partial charge in [0, 0.05) is 49.3 Å². The Hall–Kier alpha value is -3.72. The van der Waals surface area contributed by atoms with Crippen molar-refractivity contribution < 1.29 is 18.8 Å². The highest BCUT2D eigenvalue weighted by Crippen LogP contribution is 2.26. The van der Waals surface area contributed by atoms with E-state index in [0.29, 0.717) is 47.8 Å². The molecule has 5 rings (SSSR count). The van der Waals surface area contributed by atoms with Crippen LogP contribution in [-0.2, 0) is 9.59 Å². The molecule has 0 bridgehead atoms. The van der Waals surface area contributed by atoms with E-state index in [0.717, 1.165) is 31.6 Å². The molecule has 3 aromatic rings. The number of likely N-dealkylation sites (tertiary alicyclic amines) is 1. The number of amides is 3. The van der Waals surface area contributed by atoms with Crippen molar-refractivity contribution in [1.29, 1.82) is 0 Å². The second kappa shape index (κ2) is 10.1. The third-order valence-electron chi connectivity index (χ3n) is 7.03. The van der Waals surface area contributed by atoms with Gasteiger partial charge in [0.15, 0.2) is 11.5 Å². The van der Waals surface area contributed by atoms with Crippen LogP contribution >= 0.6 is 0 Å². The van der Waals surface area contributed by atoms with E-state index in [1.54, 1.807) is 30.0 Å². The van der Waals surface area contributed by atoms with Crippen LogP contribution in [0.15, 0.2) is 46.9 Å². The highest BCUT2D eigenvalue weighted by Gasteiger charge is 2.31. The van der Waals surface area contributed by atoms with E-state index in [2.05, 4.69) is 20.5 Å². The van der Waals surface area contributed by atoms with E-state index >= 15 is 0 Å². The molecule has 9 heteroatoms. The maximum absolute atomic E-state index is 12.7. The lowest BCUT2D eigenvalue weighted by Crippen LogP contribution is -2.40. The van der Waals surface area contributed by atoms with Crippen LogP contribution in [0.5, 0.6) is 0 Å². The van der Waals surface area contributed by atoms with Crippen LogP contribution in [0.25, 0.3) is 11.1 Å². The molecule has 2 fully saturated rings. The molecule has 0 radical (unpaired) electrons. The number of hydrogen-bond acceptors (Lipinski definition) is 6. The van der Waals surface area contributed by atoms with Crippen molar-refractivity contribution in [2.24, 2.45) is 5.92 Å². The summed E-state index contributed by atoms with van der Waals surface area (Å²) in [4.78, 5) is 46.0. The van der Waals surface area contributed by atoms with Gasteiger partial charge in [-0.1, -0.05) is 0 Å². The lowest BCUT2D eigenvalue weighted by atomic mass is 10.1. The van der Waals surface area contributed by atoms with E-state index < -0.39 is 0 Å². The largest absolute Gasteiger partial charge is 0.441 e. The fourth-order valence-corrected chi connectivity index (χ4v) is 4.95. The van der Waals surface area contributed by atoms with Gasteiger partial charge in [0.05, 0.1) is 6.04 Å². The lowest BCUT2D eigenvalue weighted by Gasteiger charge is -2.23. The number of carbonyl (C=O) groups excluding carboxylic acids is 3. The Labute approximate surface area is 209 Å². The first-order chi connectivity index (χ1) is 17.4. The van der Waals surface area contributed by atoms with Gasteiger partial charge >= 0.3 is 0 Å². The Morgan fingerprint density at radius 1 is 1.14 bits per heavy atom. The monoisotopic (exact) mass is 489 g/mol. The molecule has 2 unspecified atom stereocenters. The summed E-state index contributed by atoms with van der Waals surface area (Å²) in [6.07, 6.45) is 2.64. The quantitative estimate of drug-likeness (QED) is 0.527. The number of hydrogen-bond donors (Lipinski definition) is 2. The van der Waals surface area contributed by atoms with E-state index in [9.17, 15) is 14.4 Å². The number of aromatic nitrogens is 1. The van der Waals surface area contributed by atoms with Crippen LogP contribution in [-0.4, -0.2) is 59.8 Å². The number of oxazole rings is 1. The first-order valence-electron chi connectivity index (χ1n) is 12.5. The van der Waals surface area contributed by atoms with Crippen molar-refractivity contribution in [3.63, 3.8) is 0 Å². The van der Waals surface area contributed by atoms with Gasteiger partial charge in [-0.15, -0.1) is 0 Å². The van der Waals surface area contributed by atoms with Gasteiger partial charge in [-0.2, -0.15) is 0 Å². The molecule has 2 saturated heterocycles. The Morgan fingerprint density at radius 2 is 1.89 bits per heavy atom. The third kappa shape index (κ3) is 5.11. The second-order valence-electron chi connectivity index (χ2n) is 9.66. The molecule has 0 aliphatic carbocycles. The third-order valence-corrected chi connectivity index (χ3v) is 7.03. The summed E-state index contributed by atoms with van der Waals surface area (Å²) >= 11 is 0. The molecular formula is C27H31N5O4. The normalized spacial score (nSPS) is 19.1. The Morgan fingerprint density at radius 3 is 2.64 bits per heavy atom. The Balaban J connectivity index is 1.14. The standard InChI is InChI=1S/C27H31N5O4/c1-17(31-11-3-4-12-31)26(34)30-21-6-8-22(9-7-21)32-16-19(13-25(32)33)15-28-27(35)20-5-10-23-24(14-20)36-18(2)29-23/h5-10,14,17,19H,3-4,11-13,15-16H2,1-2H3,(H,28,35)(H,30,34). The Kier molecular flexibility index (Phi) is 6.73. The maximum atomic E-state index is 12.7. The summed E-state index contributed by atoms with van der Waals surface area (Å²) in [5, 5.41) is 5.91. The minimum atomic E-state index is -0.208. The highest BCUT2D eigenvalue weighted by atomic mass is 16.3. The van der Waals surface area contributed by atoms with Crippen LogP contribution in [0, 0.1) is 12.8 Å². The SMILES string of the molecule is Cc1nc2ccc(C(=O)NCC3CC(=O)N(c4ccc(NC(=O)C(C)N5CCCC5)cc4)C3)cc2o1. The number of nitrogens with one attached hydrogen (secondary N) is 2. The lowest BCUT2D eigenvalue weighted by molar-refractivity contribution is -0.120. The van der Waals surface area contributed by atoms with Gasteiger partial charge in [-0.25, -0.2) is 4.98 Å². The molecule has 2 aliphatic rings. The predicted molar refractivity (Wildman–Crippen MR) is 137 cm³/mol. The Bertz CT molecular complexity index is 1280. The summed E-state index contributed by atoms with van der Waals surface area (Å²) in [6, 6.07) is 12.4. The number of benzene rings is 2. The summed E-state index contributed by atoms with van der Waals surface area (Å²) in [6.45, 7) is 6.55. The predicted octanol–water partition coefficient (Wildman–Crippen LogP) is 3.34. The average Bonchev–Trinajstić information content (AvgIpc) is 3.61. The molecule has 1 aromatic heterocycles. The van der Waals surface area contributed by atoms with E-state index in [1.165, 1.54) is 0 Å². The number of anilines is 2. The van der Waals surface area contributed by atoms with E-state index in [4.69, 9.17) is 4.42 Å². The molecule has 2 N–H and O–H groups in total. The molecule has 2 aliphatic heterocycles. The van der Waals surface area contributed by atoms with Crippen molar-refractivity contribution in [2.75, 3.05) is 36.4 Å². The molecule has 188 valence electrons. The van der Waals surface area contributed by atoms with Gasteiger partial charge in [-0.05, 0) is 75.3 Å². The molecule has 36 heavy (non-hydrogen) atoms. The molecule has 0 saturated carbocycles. The summed E-state index contributed by atoms with van der Waals surface area (Å²) < 4.78 is 5.51. The molecule has 0 spiro atoms. The maximum Gasteiger partial charge on any atom is 0.251 e. The number of aryl methyl sites for hydroxylation is 1. The topological polar surface area (TPSA) is 108 Å². The second-order valence-corrected chi connectivity index (χ2v) is 9.66. The first-order valence-corrected chi connectivity index (χ1v) is 12.5. The fourth-order valence-electron chi connectivity index (χ4n) is 4.95. The van der Waals surface area contributed by atoms with Crippen LogP contribution in [0.4, 0.5) is 11.4 Å². The summed E-state index contributed by atoms with van der Waals surface area (Å²) in [5.41, 5.74) is 3.28. The van der Waals surface area contributed by atoms with Crippen LogP contribution in [0.3, 0.4) is 0 Å². The van der Waals surface area contributed by atoms with Crippen LogP contribution < -0.4 is 15.5 Å². The number of carbonyl (C=O) groups is 3. The zero-order valence-corrected chi connectivity index (χ0v) is 20.6. The molecule has 3 heterocycles. The number of nitrogens with zero attached hydrogens (tertiary/aromatic N) is 3. The van der Waals surface area contributed by atoms with E-state index in [1.807, 2.05) is 31.2 Å². The first kappa shape index (κ1) is 24.0. The van der Waals surface area contributed by atoms with Crippen molar-refractivity contribution in [1.82, 2.24) is 15.2 Å². The molecule has 2 atom stereocenters. The summed E-state index contributed by atoms with van der Waals surface area (Å²) in [5.74, 6) is 0.361. The highest BCUT2D eigenvalue weighted by molar-refractivity contribution is 5.98. The van der Waals surface area contributed by atoms with E-state index in [-0.39, 0.29) is 29.7 Å². The molecule has 3 amide bonds. The van der Waals surface area contributed by atoms with Gasteiger partial charge < -0.3 is 20.0 Å². The zero-order valence-electron chi connectivity index (χ0n) is 20.6. The van der Waals surface area contributed by atoms with Crippen LogP contribution in [0.1, 0.15) is 42.4 Å². The fraction of sp³-hybridized carbons (Fsp3) is 0.407. The molecule has 2 aromatic carbocycles. The van der Waals surface area contributed by atoms with Gasteiger partial charge in [0.2, 0.25) is 11.8 Å². The van der Waals surface area contributed by atoms with Gasteiger partial charge in [0.1, 0.15) is 5.52 Å². The minimum Gasteiger partial charge on any atom is -0.441 e. The number of fused-ring (bicyclic) bond motifs is 1. The molecule has 9 nitrogen and oxygen atoms in total. The minimum absolute atomic E-state index is 0.0124. The van der Waals surface area contributed by atoms with Crippen molar-refractivity contribution >= 4 is 40.2 Å². The van der Waals surface area contributed by atoms with Gasteiger partial charge in [0.25, 0.3) is 5.91 Å². The smallest absolute Gasteiger partial charge is 0.251 e. The molecular weight excluding hydrogens is 458 g/mol. The van der Waals surface area contributed by atoms with Crippen molar-refractivity contribution in [3.05, 3.63) is 53.9 Å².